The quantitative estimate of drug-likeness (QED) is 0.634. The molecule has 0 spiro atoms. The fraction of sp³-hybridized carbons (Fsp3) is 0.571. The molecule has 0 N–H and O–H groups in total. The van der Waals surface area contributed by atoms with Gasteiger partial charge >= 0.3 is 0 Å². The number of methoxy groups -OCH3 is 2. The molecule has 0 aromatic heterocycles. The number of rotatable bonds is 7. The lowest BCUT2D eigenvalue weighted by molar-refractivity contribution is 0.00518. The van der Waals surface area contributed by atoms with Crippen molar-refractivity contribution in [2.45, 2.75) is 31.2 Å². The normalized spacial score (nSPS) is 11.5. The van der Waals surface area contributed by atoms with Crippen LogP contribution in [0.1, 0.15) is 25.8 Å². The fourth-order valence-corrected chi connectivity index (χ4v) is 2.42. The van der Waals surface area contributed by atoms with E-state index in [4.69, 9.17) is 14.2 Å². The van der Waals surface area contributed by atoms with Crippen LogP contribution in [0.25, 0.3) is 0 Å². The van der Waals surface area contributed by atoms with Crippen LogP contribution in [-0.4, -0.2) is 26.4 Å². The summed E-state index contributed by atoms with van der Waals surface area (Å²) in [5.41, 5.74) is 0.948. The monoisotopic (exact) mass is 394 g/mol. The molecule has 0 amide bonds. The lowest BCUT2D eigenvalue weighted by Gasteiger charge is -2.23. The Hall–Kier alpha value is -0.260. The van der Waals surface area contributed by atoms with Gasteiger partial charge in [0, 0.05) is 18.9 Å². The summed E-state index contributed by atoms with van der Waals surface area (Å²) < 4.78 is 17.5. The zero-order valence-corrected chi connectivity index (χ0v) is 14.9. The molecule has 0 heterocycles. The highest BCUT2D eigenvalue weighted by Crippen LogP contribution is 2.37. The molecule has 19 heavy (non-hydrogen) atoms. The van der Waals surface area contributed by atoms with Crippen molar-refractivity contribution in [2.75, 3.05) is 20.8 Å². The van der Waals surface area contributed by atoms with E-state index in [1.165, 1.54) is 0 Å². The van der Waals surface area contributed by atoms with Gasteiger partial charge in [-0.1, -0.05) is 15.9 Å². The van der Waals surface area contributed by atoms with Crippen LogP contribution in [0.5, 0.6) is 11.5 Å². The number of ether oxygens (including phenoxy) is 3. The van der Waals surface area contributed by atoms with Crippen LogP contribution in [0.15, 0.2) is 16.6 Å². The predicted molar refractivity (Wildman–Crippen MR) is 84.5 cm³/mol. The molecule has 5 heteroatoms. The zero-order chi connectivity index (χ0) is 14.5. The van der Waals surface area contributed by atoms with E-state index < -0.39 is 0 Å². The number of hydrogen-bond acceptors (Lipinski definition) is 3. The van der Waals surface area contributed by atoms with Crippen molar-refractivity contribution >= 4 is 31.9 Å². The molecule has 3 nitrogen and oxygen atoms in total. The summed E-state index contributed by atoms with van der Waals surface area (Å²) in [6.07, 6.45) is 0.805. The van der Waals surface area contributed by atoms with Gasteiger partial charge in [0.1, 0.15) is 0 Å². The van der Waals surface area contributed by atoms with Gasteiger partial charge < -0.3 is 14.2 Å². The molecular formula is C14H20Br2O3. The summed E-state index contributed by atoms with van der Waals surface area (Å²) in [4.78, 5) is 0. The number of halogens is 2. The standard InChI is InChI=1S/C14H20Br2O3/c1-14(2,18-4)5-6-19-13-11(16)7-10(9-15)8-12(13)17-3/h7-8H,5-6,9H2,1-4H3. The Morgan fingerprint density at radius 1 is 1.21 bits per heavy atom. The van der Waals surface area contributed by atoms with Crippen molar-refractivity contribution in [1.82, 2.24) is 0 Å². The van der Waals surface area contributed by atoms with Gasteiger partial charge in [0.05, 0.1) is 23.8 Å². The van der Waals surface area contributed by atoms with Crippen molar-refractivity contribution < 1.29 is 14.2 Å². The van der Waals surface area contributed by atoms with Gasteiger partial charge in [0.2, 0.25) is 0 Å². The van der Waals surface area contributed by atoms with E-state index in [0.29, 0.717) is 6.61 Å². The minimum absolute atomic E-state index is 0.185. The predicted octanol–water partition coefficient (Wildman–Crippen LogP) is 4.55. The van der Waals surface area contributed by atoms with Crippen LogP contribution < -0.4 is 9.47 Å². The Balaban J connectivity index is 2.78. The maximum atomic E-state index is 5.83. The third kappa shape index (κ3) is 4.97. The molecule has 0 saturated heterocycles. The lowest BCUT2D eigenvalue weighted by atomic mass is 10.1. The van der Waals surface area contributed by atoms with Gasteiger partial charge in [-0.2, -0.15) is 0 Å². The Bertz CT molecular complexity index is 419. The molecule has 0 unspecified atom stereocenters. The van der Waals surface area contributed by atoms with Crippen molar-refractivity contribution in [2.24, 2.45) is 0 Å². The van der Waals surface area contributed by atoms with Gasteiger partial charge in [-0.05, 0) is 47.5 Å². The van der Waals surface area contributed by atoms with Crippen LogP contribution in [0, 0.1) is 0 Å². The van der Waals surface area contributed by atoms with E-state index in [1.807, 2.05) is 26.0 Å². The topological polar surface area (TPSA) is 27.7 Å². The summed E-state index contributed by atoms with van der Waals surface area (Å²) in [5, 5.41) is 0.777. The largest absolute Gasteiger partial charge is 0.493 e. The second-order valence-corrected chi connectivity index (χ2v) is 6.22. The van der Waals surface area contributed by atoms with Crippen LogP contribution in [0.2, 0.25) is 0 Å². The van der Waals surface area contributed by atoms with E-state index >= 15 is 0 Å². The van der Waals surface area contributed by atoms with Crippen molar-refractivity contribution in [3.05, 3.63) is 22.2 Å². The molecule has 0 aliphatic heterocycles. The number of alkyl halides is 1. The molecule has 0 aliphatic rings. The van der Waals surface area contributed by atoms with E-state index in [9.17, 15) is 0 Å². The average Bonchev–Trinajstić information content (AvgIpc) is 2.39. The first-order chi connectivity index (χ1) is 8.93. The highest BCUT2D eigenvalue weighted by atomic mass is 79.9. The van der Waals surface area contributed by atoms with Gasteiger partial charge in [-0.3, -0.25) is 0 Å². The smallest absolute Gasteiger partial charge is 0.175 e. The molecule has 1 rings (SSSR count). The number of benzene rings is 1. The van der Waals surface area contributed by atoms with Crippen LogP contribution in [0.3, 0.4) is 0 Å². The molecule has 0 atom stereocenters. The van der Waals surface area contributed by atoms with Crippen molar-refractivity contribution in [3.63, 3.8) is 0 Å². The third-order valence-corrected chi connectivity index (χ3v) is 4.18. The zero-order valence-electron chi connectivity index (χ0n) is 11.8. The lowest BCUT2D eigenvalue weighted by Crippen LogP contribution is -2.25. The molecule has 0 fully saturated rings. The van der Waals surface area contributed by atoms with Gasteiger partial charge in [-0.25, -0.2) is 0 Å². The van der Waals surface area contributed by atoms with Gasteiger partial charge in [0.25, 0.3) is 0 Å². The summed E-state index contributed by atoms with van der Waals surface area (Å²) in [6.45, 7) is 4.65. The van der Waals surface area contributed by atoms with Crippen LogP contribution in [0.4, 0.5) is 0 Å². The maximum absolute atomic E-state index is 5.83. The van der Waals surface area contributed by atoms with Gasteiger partial charge in [-0.15, -0.1) is 0 Å². The van der Waals surface area contributed by atoms with Crippen molar-refractivity contribution in [1.29, 1.82) is 0 Å². The molecule has 0 radical (unpaired) electrons. The molecule has 1 aromatic carbocycles. The van der Waals surface area contributed by atoms with E-state index in [0.717, 1.165) is 33.3 Å². The first-order valence-corrected chi connectivity index (χ1v) is 7.95. The second kappa shape index (κ2) is 7.50. The first-order valence-electron chi connectivity index (χ1n) is 6.04. The summed E-state index contributed by atoms with van der Waals surface area (Å²) in [6, 6.07) is 3.99. The van der Waals surface area contributed by atoms with E-state index in [-0.39, 0.29) is 5.60 Å². The second-order valence-electron chi connectivity index (χ2n) is 4.80. The average molecular weight is 396 g/mol. The highest BCUT2D eigenvalue weighted by molar-refractivity contribution is 9.10. The molecular weight excluding hydrogens is 376 g/mol. The Labute approximate surface area is 131 Å². The Kier molecular flexibility index (Phi) is 6.63. The Morgan fingerprint density at radius 2 is 1.89 bits per heavy atom. The molecule has 0 saturated carbocycles. The molecule has 108 valence electrons. The molecule has 0 bridgehead atoms. The van der Waals surface area contributed by atoms with Gasteiger partial charge in [0.15, 0.2) is 11.5 Å². The molecule has 1 aromatic rings. The third-order valence-electron chi connectivity index (χ3n) is 2.95. The minimum Gasteiger partial charge on any atom is -0.493 e. The fourth-order valence-electron chi connectivity index (χ4n) is 1.49. The molecule has 0 aliphatic carbocycles. The summed E-state index contributed by atoms with van der Waals surface area (Å²) >= 11 is 6.95. The van der Waals surface area contributed by atoms with Crippen molar-refractivity contribution in [3.8, 4) is 11.5 Å². The van der Waals surface area contributed by atoms with E-state index in [1.54, 1.807) is 14.2 Å². The SMILES string of the molecule is COc1cc(CBr)cc(Br)c1OCCC(C)(C)OC. The highest BCUT2D eigenvalue weighted by Gasteiger charge is 2.18. The Morgan fingerprint density at radius 3 is 2.42 bits per heavy atom. The minimum atomic E-state index is -0.185. The van der Waals surface area contributed by atoms with Crippen LogP contribution >= 0.6 is 31.9 Å². The maximum Gasteiger partial charge on any atom is 0.175 e. The summed E-state index contributed by atoms with van der Waals surface area (Å²) in [7, 11) is 3.35. The van der Waals surface area contributed by atoms with E-state index in [2.05, 4.69) is 31.9 Å². The summed E-state index contributed by atoms with van der Waals surface area (Å²) in [5.74, 6) is 1.47. The first kappa shape index (κ1) is 16.8. The number of hydrogen-bond donors (Lipinski definition) is 0. The van der Waals surface area contributed by atoms with Crippen LogP contribution in [-0.2, 0) is 10.1 Å².